The number of hydrogen-bond acceptors (Lipinski definition) is 8. The van der Waals surface area contributed by atoms with Crippen LogP contribution in [0.1, 0.15) is 68.2 Å². The van der Waals surface area contributed by atoms with E-state index in [9.17, 15) is 19.2 Å². The van der Waals surface area contributed by atoms with Gasteiger partial charge in [0.25, 0.3) is 0 Å². The number of carbonyl (C=O) groups excluding carboxylic acids is 4. The molecule has 0 fully saturated rings. The third kappa shape index (κ3) is 9.39. The summed E-state index contributed by atoms with van der Waals surface area (Å²) in [4.78, 5) is 48.5. The molecule has 8 nitrogen and oxygen atoms in total. The van der Waals surface area contributed by atoms with E-state index in [-0.39, 0.29) is 12.8 Å². The predicted molar refractivity (Wildman–Crippen MR) is 92.0 cm³/mol. The van der Waals surface area contributed by atoms with Crippen LogP contribution < -0.4 is 0 Å². The van der Waals surface area contributed by atoms with Crippen LogP contribution in [0.3, 0.4) is 0 Å². The lowest BCUT2D eigenvalue weighted by Crippen LogP contribution is -2.50. The summed E-state index contributed by atoms with van der Waals surface area (Å²) in [5, 5.41) is 0. The van der Waals surface area contributed by atoms with Crippen molar-refractivity contribution in [1.82, 2.24) is 0 Å². The lowest BCUT2D eigenvalue weighted by atomic mass is 10.1. The topological polar surface area (TPSA) is 105 Å². The molecule has 0 saturated heterocycles. The van der Waals surface area contributed by atoms with Gasteiger partial charge in [0, 0.05) is 12.8 Å². The molecule has 2 unspecified atom stereocenters. The SMILES string of the molecule is CCC(=O)OC(C(=O)OC(C)(C)C)C(OC(=O)CC)C(=O)OC(C)(C)C. The van der Waals surface area contributed by atoms with Crippen molar-refractivity contribution in [2.75, 3.05) is 0 Å². The molecule has 0 spiro atoms. The molecule has 2 atom stereocenters. The molecule has 0 saturated carbocycles. The summed E-state index contributed by atoms with van der Waals surface area (Å²) in [6, 6.07) is 0. The quantitative estimate of drug-likeness (QED) is 0.494. The molecular formula is C18H30O8. The maximum atomic E-state index is 12.5. The van der Waals surface area contributed by atoms with Crippen molar-refractivity contribution >= 4 is 23.9 Å². The first kappa shape index (κ1) is 23.9. The van der Waals surface area contributed by atoms with Crippen molar-refractivity contribution < 1.29 is 38.1 Å². The molecule has 0 amide bonds. The second-order valence-electron chi connectivity index (χ2n) is 7.59. The van der Waals surface area contributed by atoms with E-state index >= 15 is 0 Å². The Morgan fingerprint density at radius 2 is 0.923 bits per heavy atom. The Hall–Kier alpha value is -2.12. The molecule has 0 aliphatic carbocycles. The Morgan fingerprint density at radius 3 is 1.12 bits per heavy atom. The molecular weight excluding hydrogens is 344 g/mol. The molecule has 8 heteroatoms. The van der Waals surface area contributed by atoms with Gasteiger partial charge >= 0.3 is 23.9 Å². The number of rotatable bonds is 7. The van der Waals surface area contributed by atoms with Crippen molar-refractivity contribution in [3.63, 3.8) is 0 Å². The van der Waals surface area contributed by atoms with Crippen LogP contribution in [0.5, 0.6) is 0 Å². The Bertz CT molecular complexity index is 476. The molecule has 0 aromatic heterocycles. The fourth-order valence-electron chi connectivity index (χ4n) is 1.64. The van der Waals surface area contributed by atoms with Crippen molar-refractivity contribution in [3.8, 4) is 0 Å². The summed E-state index contributed by atoms with van der Waals surface area (Å²) in [5.41, 5.74) is -1.80. The molecule has 0 aromatic rings. The molecule has 0 aliphatic rings. The average molecular weight is 374 g/mol. The number of carbonyl (C=O) groups is 4. The third-order valence-corrected chi connectivity index (χ3v) is 2.65. The van der Waals surface area contributed by atoms with Gasteiger partial charge < -0.3 is 18.9 Å². The predicted octanol–water partition coefficient (Wildman–Crippen LogP) is 2.31. The highest BCUT2D eigenvalue weighted by Crippen LogP contribution is 2.18. The second-order valence-corrected chi connectivity index (χ2v) is 7.59. The highest BCUT2D eigenvalue weighted by atomic mass is 16.6. The van der Waals surface area contributed by atoms with Crippen LogP contribution >= 0.6 is 0 Å². The fourth-order valence-corrected chi connectivity index (χ4v) is 1.64. The monoisotopic (exact) mass is 374 g/mol. The largest absolute Gasteiger partial charge is 0.457 e. The van der Waals surface area contributed by atoms with Gasteiger partial charge in [-0.25, -0.2) is 9.59 Å². The number of ether oxygens (including phenoxy) is 4. The van der Waals surface area contributed by atoms with Crippen molar-refractivity contribution in [3.05, 3.63) is 0 Å². The van der Waals surface area contributed by atoms with Crippen molar-refractivity contribution in [2.24, 2.45) is 0 Å². The van der Waals surface area contributed by atoms with Crippen LogP contribution in [0.15, 0.2) is 0 Å². The molecule has 0 bridgehead atoms. The van der Waals surface area contributed by atoms with Crippen molar-refractivity contribution in [2.45, 2.75) is 91.6 Å². The van der Waals surface area contributed by atoms with E-state index in [2.05, 4.69) is 0 Å². The van der Waals surface area contributed by atoms with E-state index < -0.39 is 47.3 Å². The van der Waals surface area contributed by atoms with Crippen molar-refractivity contribution in [1.29, 1.82) is 0 Å². The zero-order valence-electron chi connectivity index (χ0n) is 16.8. The summed E-state index contributed by atoms with van der Waals surface area (Å²) in [6.45, 7) is 12.7. The van der Waals surface area contributed by atoms with Gasteiger partial charge in [-0.3, -0.25) is 9.59 Å². The smallest absolute Gasteiger partial charge is 0.352 e. The summed E-state index contributed by atoms with van der Waals surface area (Å²) >= 11 is 0. The van der Waals surface area contributed by atoms with E-state index in [4.69, 9.17) is 18.9 Å². The standard InChI is InChI=1S/C18H30O8/c1-9-11(19)23-13(15(21)25-17(3,4)5)14(24-12(20)10-2)16(22)26-18(6,7)8/h13-14H,9-10H2,1-8H3. The highest BCUT2D eigenvalue weighted by Gasteiger charge is 2.44. The van der Waals surface area contributed by atoms with Gasteiger partial charge in [-0.1, -0.05) is 13.8 Å². The zero-order valence-corrected chi connectivity index (χ0v) is 16.8. The summed E-state index contributed by atoms with van der Waals surface area (Å²) in [5.74, 6) is -3.50. The minimum Gasteiger partial charge on any atom is -0.457 e. The molecule has 0 rings (SSSR count). The zero-order chi connectivity index (χ0) is 20.7. The van der Waals surface area contributed by atoms with Crippen LogP contribution in [-0.4, -0.2) is 47.3 Å². The van der Waals surface area contributed by atoms with Gasteiger partial charge in [0.05, 0.1) is 0 Å². The lowest BCUT2D eigenvalue weighted by Gasteiger charge is -2.29. The molecule has 0 aromatic carbocycles. The number of esters is 4. The first-order valence-corrected chi connectivity index (χ1v) is 8.54. The number of hydrogen-bond donors (Lipinski definition) is 0. The normalized spacial score (nSPS) is 14.0. The second kappa shape index (κ2) is 9.54. The van der Waals surface area contributed by atoms with Crippen LogP contribution in [-0.2, 0) is 38.1 Å². The minimum absolute atomic E-state index is 0.0396. The van der Waals surface area contributed by atoms with Crippen LogP contribution in [0.4, 0.5) is 0 Å². The van der Waals surface area contributed by atoms with Gasteiger partial charge in [0.2, 0.25) is 12.2 Å². The van der Waals surface area contributed by atoms with Crippen LogP contribution in [0.25, 0.3) is 0 Å². The van der Waals surface area contributed by atoms with Gasteiger partial charge in [-0.2, -0.15) is 0 Å². The summed E-state index contributed by atoms with van der Waals surface area (Å²) < 4.78 is 20.5. The Labute approximate surface area is 154 Å². The van der Waals surface area contributed by atoms with Gasteiger partial charge in [0.1, 0.15) is 11.2 Å². The molecule has 26 heavy (non-hydrogen) atoms. The summed E-state index contributed by atoms with van der Waals surface area (Å²) in [7, 11) is 0. The Morgan fingerprint density at radius 1 is 0.654 bits per heavy atom. The fraction of sp³-hybridized carbons (Fsp3) is 0.778. The lowest BCUT2D eigenvalue weighted by molar-refractivity contribution is -0.199. The molecule has 150 valence electrons. The van der Waals surface area contributed by atoms with E-state index in [1.165, 1.54) is 13.8 Å². The van der Waals surface area contributed by atoms with Gasteiger partial charge in [0.15, 0.2) is 0 Å². The van der Waals surface area contributed by atoms with E-state index in [0.717, 1.165) is 0 Å². The highest BCUT2D eigenvalue weighted by molar-refractivity contribution is 5.89. The first-order chi connectivity index (χ1) is 11.7. The average Bonchev–Trinajstić information content (AvgIpc) is 2.46. The maximum Gasteiger partial charge on any atom is 0.352 e. The van der Waals surface area contributed by atoms with Crippen LogP contribution in [0, 0.1) is 0 Å². The molecule has 0 N–H and O–H groups in total. The molecule has 0 heterocycles. The van der Waals surface area contributed by atoms with E-state index in [0.29, 0.717) is 0 Å². The third-order valence-electron chi connectivity index (χ3n) is 2.65. The minimum atomic E-state index is -1.76. The van der Waals surface area contributed by atoms with Crippen LogP contribution in [0.2, 0.25) is 0 Å². The molecule has 0 aliphatic heterocycles. The van der Waals surface area contributed by atoms with E-state index in [1.807, 2.05) is 0 Å². The first-order valence-electron chi connectivity index (χ1n) is 8.54. The Balaban J connectivity index is 5.80. The van der Waals surface area contributed by atoms with E-state index in [1.54, 1.807) is 41.5 Å². The maximum absolute atomic E-state index is 12.5. The van der Waals surface area contributed by atoms with Gasteiger partial charge in [-0.15, -0.1) is 0 Å². The summed E-state index contributed by atoms with van der Waals surface area (Å²) in [6.07, 6.45) is -3.59. The van der Waals surface area contributed by atoms with Gasteiger partial charge in [-0.05, 0) is 41.5 Å². The Kier molecular flexibility index (Phi) is 8.76. The molecule has 0 radical (unpaired) electrons.